The number of hydrogen-bond donors (Lipinski definition) is 2. The van der Waals surface area contributed by atoms with Crippen molar-refractivity contribution in [3.8, 4) is 0 Å². The maximum Gasteiger partial charge on any atom is 0.228 e. The third-order valence-electron chi connectivity index (χ3n) is 4.53. The number of nitrogens with zero attached hydrogens (tertiary/aromatic N) is 1. The van der Waals surface area contributed by atoms with Gasteiger partial charge in [-0.05, 0) is 29.1 Å². The molecule has 4 nitrogen and oxygen atoms in total. The minimum Gasteiger partial charge on any atom is -0.340 e. The summed E-state index contributed by atoms with van der Waals surface area (Å²) in [7, 11) is 0. The lowest BCUT2D eigenvalue weighted by Crippen LogP contribution is -2.46. The van der Waals surface area contributed by atoms with Gasteiger partial charge in [0, 0.05) is 31.6 Å². The van der Waals surface area contributed by atoms with Crippen molar-refractivity contribution in [3.63, 3.8) is 0 Å². The molecule has 0 aliphatic heterocycles. The molecule has 0 unspecified atom stereocenters. The first-order valence-electron chi connectivity index (χ1n) is 9.95. The molecule has 0 radical (unpaired) electrons. The molecule has 0 saturated carbocycles. The van der Waals surface area contributed by atoms with Crippen molar-refractivity contribution in [1.29, 1.82) is 0 Å². The Kier molecular flexibility index (Phi) is 9.05. The molecule has 0 heterocycles. The molecule has 0 fully saturated rings. The van der Waals surface area contributed by atoms with E-state index < -0.39 is 5.41 Å². The second-order valence-electron chi connectivity index (χ2n) is 11.0. The van der Waals surface area contributed by atoms with Gasteiger partial charge in [0.25, 0.3) is 0 Å². The highest BCUT2D eigenvalue weighted by Gasteiger charge is 2.36. The Morgan fingerprint density at radius 3 is 1.50 bits per heavy atom. The first-order chi connectivity index (χ1) is 11.6. The Hall–Kier alpha value is -0.870. The number of rotatable bonds is 10. The van der Waals surface area contributed by atoms with E-state index in [-0.39, 0.29) is 22.2 Å². The zero-order chi connectivity index (χ0) is 20.8. The largest absolute Gasteiger partial charge is 0.340 e. The fraction of sp³-hybridized carbons (Fsp3) is 0.864. The molecule has 154 valence electrons. The van der Waals surface area contributed by atoms with Crippen molar-refractivity contribution in [2.45, 2.75) is 75.2 Å². The predicted molar refractivity (Wildman–Crippen MR) is 114 cm³/mol. The quantitative estimate of drug-likeness (QED) is 0.569. The van der Waals surface area contributed by atoms with Crippen molar-refractivity contribution in [2.24, 2.45) is 33.1 Å². The van der Waals surface area contributed by atoms with Gasteiger partial charge in [0.2, 0.25) is 5.91 Å². The van der Waals surface area contributed by atoms with E-state index in [4.69, 9.17) is 11.5 Å². The Bertz CT molecular complexity index is 464. The summed E-state index contributed by atoms with van der Waals surface area (Å²) in [4.78, 5) is 14.8. The van der Waals surface area contributed by atoms with Gasteiger partial charge in [-0.15, -0.1) is 0 Å². The molecule has 0 aromatic rings. The summed E-state index contributed by atoms with van der Waals surface area (Å²) in [6.07, 6.45) is 6.53. The van der Waals surface area contributed by atoms with E-state index in [0.717, 1.165) is 12.8 Å². The van der Waals surface area contributed by atoms with E-state index >= 15 is 0 Å². The summed E-state index contributed by atoms with van der Waals surface area (Å²) in [5, 5.41) is 0. The van der Waals surface area contributed by atoms with Gasteiger partial charge < -0.3 is 16.4 Å². The van der Waals surface area contributed by atoms with Crippen molar-refractivity contribution < 1.29 is 4.79 Å². The SMILES string of the molecule is CC(C)(C)CC(C)(C)C=CC(C)(C)CC(C)(C)C(=O)N(CCN)CCN. The molecule has 1 amide bonds. The number of carbonyl (C=O) groups excluding carboxylic acids is 1. The third kappa shape index (κ3) is 9.72. The van der Waals surface area contributed by atoms with E-state index in [2.05, 4.69) is 60.6 Å². The van der Waals surface area contributed by atoms with Gasteiger partial charge in [0.15, 0.2) is 0 Å². The molecule has 0 atom stereocenters. The fourth-order valence-corrected chi connectivity index (χ4v) is 4.21. The molecule has 0 spiro atoms. The third-order valence-corrected chi connectivity index (χ3v) is 4.53. The molecule has 4 N–H and O–H groups in total. The lowest BCUT2D eigenvalue weighted by atomic mass is 9.71. The molecule has 0 aliphatic rings. The second kappa shape index (κ2) is 9.36. The lowest BCUT2D eigenvalue weighted by Gasteiger charge is -2.37. The summed E-state index contributed by atoms with van der Waals surface area (Å²) >= 11 is 0. The van der Waals surface area contributed by atoms with E-state index in [0.29, 0.717) is 26.2 Å². The number of carbonyl (C=O) groups is 1. The average molecular weight is 368 g/mol. The summed E-state index contributed by atoms with van der Waals surface area (Å²) in [5.74, 6) is 0.142. The topological polar surface area (TPSA) is 72.3 Å². The van der Waals surface area contributed by atoms with Crippen LogP contribution in [0.3, 0.4) is 0 Å². The zero-order valence-corrected chi connectivity index (χ0v) is 18.9. The van der Waals surface area contributed by atoms with Crippen LogP contribution < -0.4 is 11.5 Å². The Labute approximate surface area is 162 Å². The molecule has 0 aromatic heterocycles. The van der Waals surface area contributed by atoms with Gasteiger partial charge in [-0.3, -0.25) is 4.79 Å². The van der Waals surface area contributed by atoms with Crippen molar-refractivity contribution in [3.05, 3.63) is 12.2 Å². The number of nitrogens with two attached hydrogens (primary N) is 2. The van der Waals surface area contributed by atoms with E-state index in [9.17, 15) is 4.79 Å². The highest BCUT2D eigenvalue weighted by atomic mass is 16.2. The number of allylic oxidation sites excluding steroid dienone is 2. The van der Waals surface area contributed by atoms with Crippen LogP contribution in [0, 0.1) is 21.7 Å². The van der Waals surface area contributed by atoms with Crippen molar-refractivity contribution in [2.75, 3.05) is 26.2 Å². The van der Waals surface area contributed by atoms with Crippen molar-refractivity contribution >= 4 is 5.91 Å². The predicted octanol–water partition coefficient (Wildman–Crippen LogP) is 4.19. The first kappa shape index (κ1) is 25.1. The smallest absolute Gasteiger partial charge is 0.228 e. The molecule has 0 aliphatic carbocycles. The summed E-state index contributed by atoms with van der Waals surface area (Å²) in [6, 6.07) is 0. The lowest BCUT2D eigenvalue weighted by molar-refractivity contribution is -0.141. The van der Waals surface area contributed by atoms with Gasteiger partial charge >= 0.3 is 0 Å². The van der Waals surface area contributed by atoms with E-state index in [1.165, 1.54) is 0 Å². The molecular formula is C22H45N3O. The monoisotopic (exact) mass is 367 g/mol. The van der Waals surface area contributed by atoms with Crippen LogP contribution >= 0.6 is 0 Å². The fourth-order valence-electron chi connectivity index (χ4n) is 4.21. The van der Waals surface area contributed by atoms with Crippen LogP contribution in [0.2, 0.25) is 0 Å². The second-order valence-corrected chi connectivity index (χ2v) is 11.0. The minimum absolute atomic E-state index is 0.0641. The zero-order valence-electron chi connectivity index (χ0n) is 18.9. The normalized spacial score (nSPS) is 14.1. The minimum atomic E-state index is -0.452. The molecule has 0 saturated heterocycles. The molecule has 0 bridgehead atoms. The standard InChI is InChI=1S/C22H45N3O/c1-19(2,3)16-20(4,5)10-11-21(6,7)17-22(8,9)18(26)25(14-12-23)15-13-24/h10-11H,12-17,23-24H2,1-9H3. The van der Waals surface area contributed by atoms with E-state index in [1.807, 2.05) is 18.7 Å². The molecular weight excluding hydrogens is 322 g/mol. The Balaban J connectivity index is 5.20. The van der Waals surface area contributed by atoms with Crippen LogP contribution in [0.15, 0.2) is 12.2 Å². The molecule has 0 rings (SSSR count). The number of amides is 1. The maximum atomic E-state index is 13.0. The maximum absolute atomic E-state index is 13.0. The highest BCUT2D eigenvalue weighted by molar-refractivity contribution is 5.82. The summed E-state index contributed by atoms with van der Waals surface area (Å²) < 4.78 is 0. The highest BCUT2D eigenvalue weighted by Crippen LogP contribution is 2.39. The summed E-state index contributed by atoms with van der Waals surface area (Å²) in [5.41, 5.74) is 11.2. The van der Waals surface area contributed by atoms with Crippen LogP contribution in [-0.2, 0) is 4.79 Å². The number of hydrogen-bond acceptors (Lipinski definition) is 3. The van der Waals surface area contributed by atoms with Gasteiger partial charge in [-0.2, -0.15) is 0 Å². The average Bonchev–Trinajstić information content (AvgIpc) is 2.41. The van der Waals surface area contributed by atoms with Crippen molar-refractivity contribution in [1.82, 2.24) is 4.90 Å². The molecule has 0 aromatic carbocycles. The molecule has 26 heavy (non-hydrogen) atoms. The van der Waals surface area contributed by atoms with Gasteiger partial charge in [0.1, 0.15) is 0 Å². The van der Waals surface area contributed by atoms with E-state index in [1.54, 1.807) is 0 Å². The Morgan fingerprint density at radius 2 is 1.15 bits per heavy atom. The van der Waals surface area contributed by atoms with Crippen LogP contribution in [-0.4, -0.2) is 37.0 Å². The van der Waals surface area contributed by atoms with Gasteiger partial charge in [0.05, 0.1) is 0 Å². The van der Waals surface area contributed by atoms with Crippen LogP contribution in [0.4, 0.5) is 0 Å². The first-order valence-corrected chi connectivity index (χ1v) is 9.95. The Morgan fingerprint density at radius 1 is 0.769 bits per heavy atom. The molecule has 4 heteroatoms. The van der Waals surface area contributed by atoms with Gasteiger partial charge in [-0.25, -0.2) is 0 Å². The summed E-state index contributed by atoms with van der Waals surface area (Å²) in [6.45, 7) is 21.9. The van der Waals surface area contributed by atoms with Gasteiger partial charge in [-0.1, -0.05) is 74.5 Å². The van der Waals surface area contributed by atoms with Crippen LogP contribution in [0.25, 0.3) is 0 Å². The van der Waals surface area contributed by atoms with Crippen LogP contribution in [0.1, 0.15) is 75.2 Å². The van der Waals surface area contributed by atoms with Crippen LogP contribution in [0.5, 0.6) is 0 Å².